The largest absolute Gasteiger partial charge is 0.351 e. The zero-order valence-corrected chi connectivity index (χ0v) is 16.8. The van der Waals surface area contributed by atoms with Gasteiger partial charge in [0.2, 0.25) is 0 Å². The summed E-state index contributed by atoms with van der Waals surface area (Å²) in [6.45, 7) is 0.756. The van der Waals surface area contributed by atoms with Gasteiger partial charge in [-0.2, -0.15) is 11.8 Å². The fraction of sp³-hybridized carbons (Fsp3) is 0.409. The van der Waals surface area contributed by atoms with Crippen LogP contribution in [0, 0.1) is 0 Å². The molecule has 0 unspecified atom stereocenters. The Labute approximate surface area is 165 Å². The number of rotatable bonds is 8. The van der Waals surface area contributed by atoms with Gasteiger partial charge in [-0.25, -0.2) is 0 Å². The molecule has 2 nitrogen and oxygen atoms in total. The molecule has 26 heavy (non-hydrogen) atoms. The molecule has 0 aliphatic heterocycles. The number of carbonyl (C=O) groups is 1. The van der Waals surface area contributed by atoms with Gasteiger partial charge in [-0.1, -0.05) is 49.6 Å². The number of amides is 1. The Kier molecular flexibility index (Phi) is 7.96. The molecular weight excluding hydrogens is 358 g/mol. The molecule has 2 aromatic rings. The summed E-state index contributed by atoms with van der Waals surface area (Å²) in [6, 6.07) is 18.4. The first-order valence-electron chi connectivity index (χ1n) is 9.48. The van der Waals surface area contributed by atoms with Crippen molar-refractivity contribution < 1.29 is 4.79 Å². The fourth-order valence-electron chi connectivity index (χ4n) is 3.16. The van der Waals surface area contributed by atoms with E-state index >= 15 is 0 Å². The lowest BCUT2D eigenvalue weighted by atomic mass is 10.0. The van der Waals surface area contributed by atoms with Crippen molar-refractivity contribution in [3.05, 3.63) is 65.7 Å². The van der Waals surface area contributed by atoms with Gasteiger partial charge >= 0.3 is 0 Å². The lowest BCUT2D eigenvalue weighted by Gasteiger charge is -2.20. The van der Waals surface area contributed by atoms with Crippen LogP contribution in [-0.2, 0) is 5.75 Å². The molecule has 1 N–H and O–H groups in total. The van der Waals surface area contributed by atoms with Crippen LogP contribution in [0.15, 0.2) is 59.5 Å². The highest BCUT2D eigenvalue weighted by molar-refractivity contribution is 7.99. The smallest absolute Gasteiger partial charge is 0.251 e. The van der Waals surface area contributed by atoms with Crippen LogP contribution in [0.4, 0.5) is 0 Å². The quantitative estimate of drug-likeness (QED) is 0.462. The van der Waals surface area contributed by atoms with Crippen LogP contribution in [0.1, 0.15) is 48.0 Å². The van der Waals surface area contributed by atoms with E-state index in [4.69, 9.17) is 0 Å². The van der Waals surface area contributed by atoms with Crippen molar-refractivity contribution in [2.75, 3.05) is 12.3 Å². The molecular formula is C22H27NOS2. The van der Waals surface area contributed by atoms with Crippen molar-refractivity contribution >= 4 is 29.4 Å². The normalized spacial score (nSPS) is 14.9. The molecule has 1 fully saturated rings. The van der Waals surface area contributed by atoms with E-state index in [1.54, 1.807) is 0 Å². The Morgan fingerprint density at radius 3 is 2.42 bits per heavy atom. The molecule has 0 aromatic heterocycles. The maximum Gasteiger partial charge on any atom is 0.251 e. The predicted octanol–water partition coefficient (Wildman–Crippen LogP) is 5.77. The SMILES string of the molecule is O=C(NCCSC1CCCCC1)c1ccc(CSc2ccccc2)cc1. The van der Waals surface area contributed by atoms with Crippen LogP contribution in [0.5, 0.6) is 0 Å². The number of hydrogen-bond donors (Lipinski definition) is 1. The van der Waals surface area contributed by atoms with Crippen LogP contribution in [-0.4, -0.2) is 23.5 Å². The second-order valence-electron chi connectivity index (χ2n) is 6.69. The van der Waals surface area contributed by atoms with Gasteiger partial charge in [0.05, 0.1) is 0 Å². The summed E-state index contributed by atoms with van der Waals surface area (Å²) >= 11 is 3.84. The average molecular weight is 386 g/mol. The molecule has 3 rings (SSSR count). The monoisotopic (exact) mass is 385 g/mol. The second kappa shape index (κ2) is 10.7. The van der Waals surface area contributed by atoms with Crippen LogP contribution in [0.2, 0.25) is 0 Å². The highest BCUT2D eigenvalue weighted by Gasteiger charge is 2.13. The molecule has 4 heteroatoms. The Hall–Kier alpha value is -1.39. The zero-order valence-electron chi connectivity index (χ0n) is 15.2. The average Bonchev–Trinajstić information content (AvgIpc) is 2.71. The van der Waals surface area contributed by atoms with E-state index in [0.717, 1.165) is 28.9 Å². The molecule has 0 atom stereocenters. The van der Waals surface area contributed by atoms with Crippen LogP contribution in [0.25, 0.3) is 0 Å². The molecule has 1 amide bonds. The van der Waals surface area contributed by atoms with Gasteiger partial charge in [-0.05, 0) is 42.7 Å². The van der Waals surface area contributed by atoms with E-state index in [2.05, 4.69) is 41.7 Å². The summed E-state index contributed by atoms with van der Waals surface area (Å²) in [5.41, 5.74) is 1.99. The molecule has 1 aliphatic rings. The summed E-state index contributed by atoms with van der Waals surface area (Å²) in [5, 5.41) is 3.86. The minimum atomic E-state index is 0.0384. The van der Waals surface area contributed by atoms with Crippen molar-refractivity contribution in [1.82, 2.24) is 5.32 Å². The first kappa shape index (κ1) is 19.4. The third-order valence-corrected chi connectivity index (χ3v) is 7.12. The molecule has 2 aromatic carbocycles. The van der Waals surface area contributed by atoms with Crippen LogP contribution >= 0.6 is 23.5 Å². The molecule has 138 valence electrons. The van der Waals surface area contributed by atoms with Gasteiger partial charge in [0.1, 0.15) is 0 Å². The van der Waals surface area contributed by atoms with Gasteiger partial charge in [0.15, 0.2) is 0 Å². The van der Waals surface area contributed by atoms with Gasteiger partial charge < -0.3 is 5.32 Å². The molecule has 1 aliphatic carbocycles. The number of nitrogens with one attached hydrogen (secondary N) is 1. The lowest BCUT2D eigenvalue weighted by Crippen LogP contribution is -2.26. The lowest BCUT2D eigenvalue weighted by molar-refractivity contribution is 0.0956. The number of carbonyl (C=O) groups excluding carboxylic acids is 1. The molecule has 0 bridgehead atoms. The van der Waals surface area contributed by atoms with Crippen molar-refractivity contribution in [2.24, 2.45) is 0 Å². The molecule has 0 heterocycles. The van der Waals surface area contributed by atoms with Gasteiger partial charge in [0, 0.05) is 33.8 Å². The molecule has 0 radical (unpaired) electrons. The summed E-state index contributed by atoms with van der Waals surface area (Å²) in [7, 11) is 0. The van der Waals surface area contributed by atoms with E-state index in [1.165, 1.54) is 42.6 Å². The van der Waals surface area contributed by atoms with Gasteiger partial charge in [-0.3, -0.25) is 4.79 Å². The molecule has 0 spiro atoms. The second-order valence-corrected chi connectivity index (χ2v) is 9.14. The van der Waals surface area contributed by atoms with E-state index < -0.39 is 0 Å². The van der Waals surface area contributed by atoms with Crippen molar-refractivity contribution in [3.8, 4) is 0 Å². The Bertz CT molecular complexity index is 666. The summed E-state index contributed by atoms with van der Waals surface area (Å²) < 4.78 is 0. The fourth-order valence-corrected chi connectivity index (χ4v) is 5.26. The van der Waals surface area contributed by atoms with E-state index in [-0.39, 0.29) is 5.91 Å². The topological polar surface area (TPSA) is 29.1 Å². The molecule has 0 saturated heterocycles. The standard InChI is InChI=1S/C22H27NOS2/c24-22(23-15-16-25-20-7-3-1-4-8-20)19-13-11-18(12-14-19)17-26-21-9-5-2-6-10-21/h2,5-6,9-14,20H,1,3-4,7-8,15-17H2,(H,23,24). The van der Waals surface area contributed by atoms with Crippen molar-refractivity contribution in [3.63, 3.8) is 0 Å². The van der Waals surface area contributed by atoms with Gasteiger partial charge in [0.25, 0.3) is 5.91 Å². The predicted molar refractivity (Wildman–Crippen MR) is 114 cm³/mol. The first-order chi connectivity index (χ1) is 12.8. The van der Waals surface area contributed by atoms with E-state index in [0.29, 0.717) is 0 Å². The Morgan fingerprint density at radius 2 is 1.69 bits per heavy atom. The minimum absolute atomic E-state index is 0.0384. The summed E-state index contributed by atoms with van der Waals surface area (Å²) in [4.78, 5) is 13.5. The maximum atomic E-state index is 12.3. The first-order valence-corrected chi connectivity index (χ1v) is 11.5. The minimum Gasteiger partial charge on any atom is -0.351 e. The highest BCUT2D eigenvalue weighted by atomic mass is 32.2. The van der Waals surface area contributed by atoms with Crippen molar-refractivity contribution in [1.29, 1.82) is 0 Å². The van der Waals surface area contributed by atoms with Crippen LogP contribution in [0.3, 0.4) is 0 Å². The highest BCUT2D eigenvalue weighted by Crippen LogP contribution is 2.27. The summed E-state index contributed by atoms with van der Waals surface area (Å²) in [6.07, 6.45) is 6.84. The van der Waals surface area contributed by atoms with Gasteiger partial charge in [-0.15, -0.1) is 11.8 Å². The third kappa shape index (κ3) is 6.40. The number of benzene rings is 2. The zero-order chi connectivity index (χ0) is 18.0. The third-order valence-electron chi connectivity index (χ3n) is 4.66. The van der Waals surface area contributed by atoms with E-state index in [9.17, 15) is 4.79 Å². The Balaban J connectivity index is 1.37. The van der Waals surface area contributed by atoms with Crippen molar-refractivity contribution in [2.45, 2.75) is 48.0 Å². The summed E-state index contributed by atoms with van der Waals surface area (Å²) in [5.74, 6) is 1.98. The van der Waals surface area contributed by atoms with Crippen LogP contribution < -0.4 is 5.32 Å². The molecule has 1 saturated carbocycles. The number of hydrogen-bond acceptors (Lipinski definition) is 3. The maximum absolute atomic E-state index is 12.3. The number of thioether (sulfide) groups is 2. The van der Waals surface area contributed by atoms with E-state index in [1.807, 2.05) is 41.7 Å². The Morgan fingerprint density at radius 1 is 0.962 bits per heavy atom.